The fourth-order valence-corrected chi connectivity index (χ4v) is 4.44. The number of pyridine rings is 2. The molecule has 1 saturated carbocycles. The van der Waals surface area contributed by atoms with Gasteiger partial charge in [0, 0.05) is 32.0 Å². The molecule has 0 amide bonds. The van der Waals surface area contributed by atoms with Gasteiger partial charge < -0.3 is 19.7 Å². The number of rotatable bonds is 8. The van der Waals surface area contributed by atoms with E-state index in [0.29, 0.717) is 28.6 Å². The van der Waals surface area contributed by atoms with E-state index in [9.17, 15) is 4.79 Å². The number of esters is 1. The molecule has 0 spiro atoms. The molecule has 172 valence electrons. The molecule has 2 aliphatic rings. The second-order valence-corrected chi connectivity index (χ2v) is 9.45. The van der Waals surface area contributed by atoms with Gasteiger partial charge in [0.2, 0.25) is 0 Å². The Morgan fingerprint density at radius 3 is 2.62 bits per heavy atom. The van der Waals surface area contributed by atoms with Crippen LogP contribution in [0.3, 0.4) is 0 Å². The second kappa shape index (κ2) is 9.63. The highest BCUT2D eigenvalue weighted by atomic mass is 35.5. The fraction of sp³-hybridized carbons (Fsp3) is 0.542. The minimum atomic E-state index is -0.640. The van der Waals surface area contributed by atoms with Crippen molar-refractivity contribution in [2.75, 3.05) is 37.1 Å². The Morgan fingerprint density at radius 2 is 2.03 bits per heavy atom. The van der Waals surface area contributed by atoms with Crippen LogP contribution in [0.4, 0.5) is 17.3 Å². The van der Waals surface area contributed by atoms with Crippen molar-refractivity contribution in [3.8, 4) is 0 Å². The van der Waals surface area contributed by atoms with Gasteiger partial charge in [-0.3, -0.25) is 4.79 Å². The van der Waals surface area contributed by atoms with Crippen LogP contribution in [0.5, 0.6) is 0 Å². The van der Waals surface area contributed by atoms with Crippen LogP contribution in [0.1, 0.15) is 45.2 Å². The molecule has 0 radical (unpaired) electrons. The van der Waals surface area contributed by atoms with Crippen LogP contribution in [0.25, 0.3) is 0 Å². The first-order valence-electron chi connectivity index (χ1n) is 11.3. The Kier molecular flexibility index (Phi) is 6.86. The molecular formula is C24H31ClN4O3. The molecule has 0 aromatic carbocycles. The quantitative estimate of drug-likeness (QED) is 0.573. The molecular weight excluding hydrogens is 428 g/mol. The second-order valence-electron chi connectivity index (χ2n) is 9.01. The van der Waals surface area contributed by atoms with Crippen molar-refractivity contribution >= 4 is 34.9 Å². The fourth-order valence-electron chi connectivity index (χ4n) is 4.33. The summed E-state index contributed by atoms with van der Waals surface area (Å²) in [5, 5.41) is 3.96. The van der Waals surface area contributed by atoms with E-state index in [2.05, 4.69) is 35.1 Å². The van der Waals surface area contributed by atoms with Gasteiger partial charge in [0.25, 0.3) is 0 Å². The monoisotopic (exact) mass is 458 g/mol. The van der Waals surface area contributed by atoms with Crippen LogP contribution in [0.2, 0.25) is 5.02 Å². The number of halogens is 1. The van der Waals surface area contributed by atoms with Crippen LogP contribution >= 0.6 is 11.6 Å². The minimum absolute atomic E-state index is 0.225. The first-order valence-corrected chi connectivity index (χ1v) is 11.6. The predicted octanol–water partition coefficient (Wildman–Crippen LogP) is 4.72. The van der Waals surface area contributed by atoms with Crippen molar-refractivity contribution < 1.29 is 14.3 Å². The Balaban J connectivity index is 1.75. The van der Waals surface area contributed by atoms with Gasteiger partial charge in [-0.1, -0.05) is 25.4 Å². The maximum absolute atomic E-state index is 12.5. The van der Waals surface area contributed by atoms with Crippen molar-refractivity contribution in [1.82, 2.24) is 9.97 Å². The summed E-state index contributed by atoms with van der Waals surface area (Å²) in [6, 6.07) is 8.05. The summed E-state index contributed by atoms with van der Waals surface area (Å²) < 4.78 is 10.7. The Bertz CT molecular complexity index is 941. The van der Waals surface area contributed by atoms with Crippen LogP contribution in [-0.4, -0.2) is 48.8 Å². The molecule has 1 aliphatic carbocycles. The molecule has 0 bridgehead atoms. The van der Waals surface area contributed by atoms with Gasteiger partial charge in [0.05, 0.1) is 23.5 Å². The number of carbonyl (C=O) groups excluding carboxylic acids is 1. The van der Waals surface area contributed by atoms with Crippen LogP contribution in [0, 0.1) is 5.92 Å². The van der Waals surface area contributed by atoms with Crippen LogP contribution < -0.4 is 10.2 Å². The first kappa shape index (κ1) is 22.8. The maximum atomic E-state index is 12.5. The van der Waals surface area contributed by atoms with Crippen molar-refractivity contribution in [2.45, 2.75) is 51.0 Å². The van der Waals surface area contributed by atoms with E-state index in [4.69, 9.17) is 26.1 Å². The van der Waals surface area contributed by atoms with Gasteiger partial charge >= 0.3 is 5.97 Å². The minimum Gasteiger partial charge on any atom is -0.468 e. The Hall–Kier alpha value is -2.38. The van der Waals surface area contributed by atoms with Gasteiger partial charge in [0.1, 0.15) is 11.2 Å². The van der Waals surface area contributed by atoms with Crippen molar-refractivity contribution in [3.63, 3.8) is 0 Å². The van der Waals surface area contributed by atoms with E-state index < -0.39 is 5.41 Å². The molecule has 0 atom stereocenters. The van der Waals surface area contributed by atoms with Gasteiger partial charge in [-0.05, 0) is 55.9 Å². The van der Waals surface area contributed by atoms with Gasteiger partial charge in [0.15, 0.2) is 5.82 Å². The zero-order valence-electron chi connectivity index (χ0n) is 18.9. The molecule has 1 N–H and O–H groups in total. The van der Waals surface area contributed by atoms with E-state index in [-0.39, 0.29) is 5.97 Å². The number of carbonyl (C=O) groups is 1. The number of anilines is 3. The molecule has 2 aromatic heterocycles. The molecule has 1 aliphatic heterocycles. The van der Waals surface area contributed by atoms with Crippen LogP contribution in [-0.2, 0) is 19.7 Å². The van der Waals surface area contributed by atoms with Gasteiger partial charge in [-0.15, -0.1) is 0 Å². The van der Waals surface area contributed by atoms with Crippen molar-refractivity contribution in [3.05, 3.63) is 41.2 Å². The Labute approximate surface area is 194 Å². The summed E-state index contributed by atoms with van der Waals surface area (Å²) in [6.45, 7) is 6.86. The third-order valence-electron chi connectivity index (χ3n) is 6.17. The van der Waals surface area contributed by atoms with E-state index in [1.807, 2.05) is 12.1 Å². The molecule has 7 nitrogen and oxygen atoms in total. The molecule has 8 heteroatoms. The molecule has 2 aromatic rings. The van der Waals surface area contributed by atoms with Gasteiger partial charge in [-0.2, -0.15) is 0 Å². The highest BCUT2D eigenvalue weighted by Gasteiger charge is 2.54. The zero-order chi connectivity index (χ0) is 22.7. The third-order valence-corrected chi connectivity index (χ3v) is 6.39. The number of nitrogens with one attached hydrogen (secondary N) is 1. The highest BCUT2D eigenvalue weighted by molar-refractivity contribution is 6.30. The molecule has 0 unspecified atom stereocenters. The average Bonchev–Trinajstić information content (AvgIpc) is 3.61. The van der Waals surface area contributed by atoms with E-state index in [1.54, 1.807) is 12.3 Å². The van der Waals surface area contributed by atoms with E-state index in [1.165, 1.54) is 7.11 Å². The number of methoxy groups -OCH3 is 1. The molecule has 32 heavy (non-hydrogen) atoms. The standard InChI is InChI=1S/C24H31ClN4O3/c1-16(2)15-29(18-8-12-32-13-9-18)19-5-6-20(24(10-11-24)23(30)31-3)27-22(19)28-21-7-4-17(25)14-26-21/h4-7,14,16,18H,8-13,15H2,1-3H3,(H,26,27,28). The predicted molar refractivity (Wildman–Crippen MR) is 126 cm³/mol. The maximum Gasteiger partial charge on any atom is 0.317 e. The normalized spacial score (nSPS) is 17.8. The van der Waals surface area contributed by atoms with Crippen molar-refractivity contribution in [1.29, 1.82) is 0 Å². The van der Waals surface area contributed by atoms with Crippen molar-refractivity contribution in [2.24, 2.45) is 5.92 Å². The highest BCUT2D eigenvalue weighted by Crippen LogP contribution is 2.49. The molecule has 4 rings (SSSR count). The lowest BCUT2D eigenvalue weighted by atomic mass is 10.0. The summed E-state index contributed by atoms with van der Waals surface area (Å²) in [7, 11) is 1.43. The number of nitrogens with zero attached hydrogens (tertiary/aromatic N) is 3. The summed E-state index contributed by atoms with van der Waals surface area (Å²) in [6.07, 6.45) is 5.05. The SMILES string of the molecule is COC(=O)C1(c2ccc(N(CC(C)C)C3CCOCC3)c(Nc3ccc(Cl)cn3)n2)CC1. The third kappa shape index (κ3) is 4.84. The summed E-state index contributed by atoms with van der Waals surface area (Å²) in [4.78, 5) is 24.3. The number of aromatic nitrogens is 2. The summed E-state index contributed by atoms with van der Waals surface area (Å²) in [5.41, 5.74) is 1.10. The largest absolute Gasteiger partial charge is 0.468 e. The topological polar surface area (TPSA) is 76.6 Å². The number of hydrogen-bond acceptors (Lipinski definition) is 7. The lowest BCUT2D eigenvalue weighted by Crippen LogP contribution is -2.42. The first-order chi connectivity index (χ1) is 15.4. The molecule has 3 heterocycles. The Morgan fingerprint density at radius 1 is 1.28 bits per heavy atom. The van der Waals surface area contributed by atoms with Gasteiger partial charge in [-0.25, -0.2) is 9.97 Å². The lowest BCUT2D eigenvalue weighted by molar-refractivity contribution is -0.143. The smallest absolute Gasteiger partial charge is 0.317 e. The molecule has 1 saturated heterocycles. The zero-order valence-corrected chi connectivity index (χ0v) is 19.7. The van der Waals surface area contributed by atoms with Crippen LogP contribution in [0.15, 0.2) is 30.5 Å². The lowest BCUT2D eigenvalue weighted by Gasteiger charge is -2.38. The summed E-state index contributed by atoms with van der Waals surface area (Å²) in [5.74, 6) is 1.60. The number of ether oxygens (including phenoxy) is 2. The molecule has 2 fully saturated rings. The summed E-state index contributed by atoms with van der Waals surface area (Å²) >= 11 is 6.02. The van der Waals surface area contributed by atoms with E-state index >= 15 is 0 Å². The van der Waals surface area contributed by atoms with E-state index in [0.717, 1.165) is 56.8 Å². The number of hydrogen-bond donors (Lipinski definition) is 1. The average molecular weight is 459 g/mol.